The Bertz CT molecular complexity index is 1040. The van der Waals surface area contributed by atoms with Crippen LogP contribution in [0.3, 0.4) is 0 Å². The minimum Gasteiger partial charge on any atom is -0.464 e. The van der Waals surface area contributed by atoms with Gasteiger partial charge in [0.15, 0.2) is 0 Å². The molecule has 3 aromatic carbocycles. The number of rotatable bonds is 2. The highest BCUT2D eigenvalue weighted by Gasteiger charge is 2.41. The fourth-order valence-corrected chi connectivity index (χ4v) is 4.12. The van der Waals surface area contributed by atoms with Gasteiger partial charge in [-0.05, 0) is 35.9 Å². The lowest BCUT2D eigenvalue weighted by Gasteiger charge is -2.38. The fraction of sp³-hybridized carbons (Fsp3) is 0.136. The van der Waals surface area contributed by atoms with E-state index in [2.05, 4.69) is 34.1 Å². The third-order valence-electron chi connectivity index (χ3n) is 4.99. The molecule has 2 aliphatic heterocycles. The lowest BCUT2D eigenvalue weighted by Crippen LogP contribution is -2.33. The van der Waals surface area contributed by atoms with Gasteiger partial charge in [-0.2, -0.15) is 5.10 Å². The molecule has 0 saturated heterocycles. The molecule has 0 fully saturated rings. The standard InChI is InChI=1S/C22H16BrFN2O/c23-16-9-10-21-18(12-16)20-13-19(14-5-2-1-3-6-14)25-26(20)22(27-21)15-7-4-8-17(24)11-15/h1-12,20,22H,13H2/t20-,22-/m1/s1. The molecule has 2 heterocycles. The van der Waals surface area contributed by atoms with E-state index < -0.39 is 6.23 Å². The third-order valence-corrected chi connectivity index (χ3v) is 5.49. The molecule has 0 amide bonds. The van der Waals surface area contributed by atoms with Crippen molar-refractivity contribution in [2.24, 2.45) is 5.10 Å². The number of hydrogen-bond donors (Lipinski definition) is 0. The van der Waals surface area contributed by atoms with Crippen molar-refractivity contribution in [1.29, 1.82) is 0 Å². The average molecular weight is 423 g/mol. The molecule has 27 heavy (non-hydrogen) atoms. The van der Waals surface area contributed by atoms with Gasteiger partial charge >= 0.3 is 0 Å². The predicted octanol–water partition coefficient (Wildman–Crippen LogP) is 5.83. The summed E-state index contributed by atoms with van der Waals surface area (Å²) in [5, 5.41) is 6.85. The molecule has 0 spiro atoms. The van der Waals surface area contributed by atoms with Crippen LogP contribution in [0.4, 0.5) is 4.39 Å². The molecule has 0 radical (unpaired) electrons. The summed E-state index contributed by atoms with van der Waals surface area (Å²) in [6, 6.07) is 22.8. The van der Waals surface area contributed by atoms with Gasteiger partial charge in [-0.15, -0.1) is 0 Å². The topological polar surface area (TPSA) is 24.8 Å². The van der Waals surface area contributed by atoms with Crippen molar-refractivity contribution < 1.29 is 9.13 Å². The Hall–Kier alpha value is -2.66. The highest BCUT2D eigenvalue weighted by molar-refractivity contribution is 9.10. The zero-order chi connectivity index (χ0) is 18.4. The molecule has 0 saturated carbocycles. The van der Waals surface area contributed by atoms with Gasteiger partial charge in [0.25, 0.3) is 0 Å². The molecule has 0 N–H and O–H groups in total. The number of ether oxygens (including phenoxy) is 1. The van der Waals surface area contributed by atoms with Gasteiger partial charge in [-0.3, -0.25) is 0 Å². The van der Waals surface area contributed by atoms with E-state index in [-0.39, 0.29) is 11.9 Å². The molecule has 3 aromatic rings. The molecular formula is C22H16BrFN2O. The molecule has 5 heteroatoms. The van der Waals surface area contributed by atoms with Crippen molar-refractivity contribution in [3.63, 3.8) is 0 Å². The minimum absolute atomic E-state index is 0.0507. The number of hydrogen-bond acceptors (Lipinski definition) is 3. The van der Waals surface area contributed by atoms with Crippen LogP contribution in [-0.4, -0.2) is 10.7 Å². The summed E-state index contributed by atoms with van der Waals surface area (Å²) < 4.78 is 21.1. The van der Waals surface area contributed by atoms with Gasteiger partial charge < -0.3 is 4.74 Å². The molecule has 3 nitrogen and oxygen atoms in total. The van der Waals surface area contributed by atoms with Gasteiger partial charge in [0.05, 0.1) is 11.8 Å². The first-order valence-corrected chi connectivity index (χ1v) is 9.61. The van der Waals surface area contributed by atoms with Crippen LogP contribution in [0, 0.1) is 5.82 Å². The Kier molecular flexibility index (Phi) is 3.97. The Morgan fingerprint density at radius 1 is 1.00 bits per heavy atom. The maximum Gasteiger partial charge on any atom is 0.213 e. The maximum atomic E-state index is 13.8. The zero-order valence-corrected chi connectivity index (χ0v) is 15.9. The zero-order valence-electron chi connectivity index (χ0n) is 14.3. The van der Waals surface area contributed by atoms with Crippen molar-refractivity contribution in [2.75, 3.05) is 0 Å². The molecule has 0 bridgehead atoms. The first-order chi connectivity index (χ1) is 13.2. The van der Waals surface area contributed by atoms with Crippen LogP contribution in [0.1, 0.15) is 35.4 Å². The van der Waals surface area contributed by atoms with Crippen molar-refractivity contribution in [2.45, 2.75) is 18.7 Å². The third kappa shape index (κ3) is 2.92. The van der Waals surface area contributed by atoms with Crippen LogP contribution in [0.15, 0.2) is 82.4 Å². The number of halogens is 2. The highest BCUT2D eigenvalue weighted by atomic mass is 79.9. The van der Waals surface area contributed by atoms with E-state index in [0.717, 1.165) is 39.0 Å². The second-order valence-corrected chi connectivity index (χ2v) is 7.64. The molecule has 2 aliphatic rings. The normalized spacial score (nSPS) is 20.5. The van der Waals surface area contributed by atoms with Gasteiger partial charge in [0.1, 0.15) is 11.6 Å². The number of hydrazone groups is 1. The summed E-state index contributed by atoms with van der Waals surface area (Å²) in [7, 11) is 0. The van der Waals surface area contributed by atoms with Crippen LogP contribution in [0.5, 0.6) is 5.75 Å². The summed E-state index contributed by atoms with van der Waals surface area (Å²) in [6.07, 6.45) is 0.323. The predicted molar refractivity (Wildman–Crippen MR) is 106 cm³/mol. The van der Waals surface area contributed by atoms with E-state index in [1.807, 2.05) is 41.4 Å². The van der Waals surface area contributed by atoms with Crippen molar-refractivity contribution in [3.8, 4) is 5.75 Å². The quantitative estimate of drug-likeness (QED) is 0.518. The number of nitrogens with zero attached hydrogens (tertiary/aromatic N) is 2. The highest BCUT2D eigenvalue weighted by Crippen LogP contribution is 2.48. The van der Waals surface area contributed by atoms with Gasteiger partial charge in [-0.1, -0.05) is 58.4 Å². The largest absolute Gasteiger partial charge is 0.464 e. The van der Waals surface area contributed by atoms with Crippen molar-refractivity contribution >= 4 is 21.6 Å². The van der Waals surface area contributed by atoms with E-state index in [1.165, 1.54) is 12.1 Å². The maximum absolute atomic E-state index is 13.8. The summed E-state index contributed by atoms with van der Waals surface area (Å²) in [5.74, 6) is 0.541. The summed E-state index contributed by atoms with van der Waals surface area (Å²) in [4.78, 5) is 0. The van der Waals surface area contributed by atoms with E-state index in [4.69, 9.17) is 9.84 Å². The second-order valence-electron chi connectivity index (χ2n) is 6.72. The molecule has 134 valence electrons. The molecule has 2 atom stereocenters. The summed E-state index contributed by atoms with van der Waals surface area (Å²) in [6.45, 7) is 0. The van der Waals surface area contributed by atoms with Crippen LogP contribution in [0.2, 0.25) is 0 Å². The molecule has 0 unspecified atom stereocenters. The van der Waals surface area contributed by atoms with Gasteiger partial charge in [0.2, 0.25) is 6.23 Å². The number of benzene rings is 3. The lowest BCUT2D eigenvalue weighted by molar-refractivity contribution is -0.0192. The van der Waals surface area contributed by atoms with E-state index in [1.54, 1.807) is 6.07 Å². The average Bonchev–Trinajstić information content (AvgIpc) is 3.14. The van der Waals surface area contributed by atoms with Crippen molar-refractivity contribution in [3.05, 3.63) is 99.8 Å². The monoisotopic (exact) mass is 422 g/mol. The molecule has 0 aliphatic carbocycles. The van der Waals surface area contributed by atoms with Crippen molar-refractivity contribution in [1.82, 2.24) is 5.01 Å². The molecular weight excluding hydrogens is 407 g/mol. The smallest absolute Gasteiger partial charge is 0.213 e. The minimum atomic E-state index is -0.458. The fourth-order valence-electron chi connectivity index (χ4n) is 3.74. The SMILES string of the molecule is Fc1cccc([C@H]2Oc3ccc(Br)cc3[C@H]3CC(c4ccccc4)=NN32)c1. The molecule has 5 rings (SSSR count). The van der Waals surface area contributed by atoms with Gasteiger partial charge in [-0.25, -0.2) is 9.40 Å². The van der Waals surface area contributed by atoms with E-state index in [9.17, 15) is 4.39 Å². The van der Waals surface area contributed by atoms with Crippen LogP contribution in [-0.2, 0) is 0 Å². The Labute approximate surface area is 165 Å². The summed E-state index contributed by atoms with van der Waals surface area (Å²) in [5.41, 5.74) is 3.96. The Morgan fingerprint density at radius 2 is 1.85 bits per heavy atom. The Morgan fingerprint density at radius 3 is 2.67 bits per heavy atom. The van der Waals surface area contributed by atoms with Crippen LogP contribution in [0.25, 0.3) is 0 Å². The second kappa shape index (κ2) is 6.50. The van der Waals surface area contributed by atoms with E-state index in [0.29, 0.717) is 0 Å². The first-order valence-electron chi connectivity index (χ1n) is 8.82. The molecule has 0 aromatic heterocycles. The van der Waals surface area contributed by atoms with Gasteiger partial charge in [0, 0.05) is 22.0 Å². The van der Waals surface area contributed by atoms with E-state index >= 15 is 0 Å². The van der Waals surface area contributed by atoms with Crippen LogP contribution < -0.4 is 4.74 Å². The lowest BCUT2D eigenvalue weighted by atomic mass is 9.96. The first kappa shape index (κ1) is 16.5. The summed E-state index contributed by atoms with van der Waals surface area (Å²) >= 11 is 3.56. The number of fused-ring (bicyclic) bond motifs is 3. The van der Waals surface area contributed by atoms with Crippen LogP contribution >= 0.6 is 15.9 Å². The Balaban J connectivity index is 1.62.